The van der Waals surface area contributed by atoms with Crippen molar-refractivity contribution in [3.05, 3.63) is 0 Å². The van der Waals surface area contributed by atoms with Crippen LogP contribution in [0.25, 0.3) is 0 Å². The fraction of sp³-hybridized carbons (Fsp3) is 0.875. The third kappa shape index (κ3) is 6.21. The third-order valence-electron chi connectivity index (χ3n) is 1.52. The molecular formula is C8H16BrNO2S. The van der Waals surface area contributed by atoms with Crippen LogP contribution < -0.4 is 5.32 Å². The predicted molar refractivity (Wildman–Crippen MR) is 59.5 cm³/mol. The minimum atomic E-state index is -0.857. The summed E-state index contributed by atoms with van der Waals surface area (Å²) in [6.07, 6.45) is 2.39. The van der Waals surface area contributed by atoms with Crippen LogP contribution in [-0.4, -0.2) is 33.0 Å². The molecule has 0 aromatic rings. The molecule has 1 N–H and O–H groups in total. The van der Waals surface area contributed by atoms with E-state index in [4.69, 9.17) is 0 Å². The number of hydrogen-bond acceptors (Lipinski definition) is 2. The van der Waals surface area contributed by atoms with E-state index < -0.39 is 10.8 Å². The Labute approximate surface area is 90.2 Å². The van der Waals surface area contributed by atoms with Gasteiger partial charge in [-0.15, -0.1) is 0 Å². The van der Waals surface area contributed by atoms with Crippen LogP contribution >= 0.6 is 15.9 Å². The Morgan fingerprint density at radius 2 is 2.15 bits per heavy atom. The number of carbonyl (C=O) groups is 1. The molecule has 1 amide bonds. The van der Waals surface area contributed by atoms with Gasteiger partial charge < -0.3 is 5.32 Å². The lowest BCUT2D eigenvalue weighted by Crippen LogP contribution is -2.40. The van der Waals surface area contributed by atoms with Gasteiger partial charge in [0.2, 0.25) is 5.91 Å². The van der Waals surface area contributed by atoms with Crippen LogP contribution in [0, 0.1) is 0 Å². The molecule has 3 unspecified atom stereocenters. The highest BCUT2D eigenvalue weighted by atomic mass is 79.9. The summed E-state index contributed by atoms with van der Waals surface area (Å²) in [7, 11) is -0.857. The molecule has 0 rings (SSSR count). The molecule has 0 aromatic heterocycles. The number of amides is 1. The second-order valence-corrected chi connectivity index (χ2v) is 5.61. The quantitative estimate of drug-likeness (QED) is 0.759. The van der Waals surface area contributed by atoms with Crippen LogP contribution in [0.5, 0.6) is 0 Å². The highest BCUT2D eigenvalue weighted by molar-refractivity contribution is 9.10. The maximum absolute atomic E-state index is 11.3. The molecule has 0 aromatic carbocycles. The van der Waals surface area contributed by atoms with E-state index in [9.17, 15) is 9.00 Å². The fourth-order valence-electron chi connectivity index (χ4n) is 0.912. The fourth-order valence-corrected chi connectivity index (χ4v) is 1.83. The normalized spacial score (nSPS) is 17.5. The zero-order valence-corrected chi connectivity index (χ0v) is 10.6. The van der Waals surface area contributed by atoms with Crippen LogP contribution in [-0.2, 0) is 15.6 Å². The second-order valence-electron chi connectivity index (χ2n) is 3.03. The van der Waals surface area contributed by atoms with Gasteiger partial charge in [-0.05, 0) is 13.3 Å². The van der Waals surface area contributed by atoms with Crippen LogP contribution in [0.1, 0.15) is 20.3 Å². The van der Waals surface area contributed by atoms with E-state index in [1.165, 1.54) is 0 Å². The summed E-state index contributed by atoms with van der Waals surface area (Å²) in [5, 5.41) is 2.78. The van der Waals surface area contributed by atoms with E-state index in [1.54, 1.807) is 6.26 Å². The summed E-state index contributed by atoms with van der Waals surface area (Å²) < 4.78 is 10.8. The Balaban J connectivity index is 3.84. The van der Waals surface area contributed by atoms with Crippen LogP contribution in [0.3, 0.4) is 0 Å². The lowest BCUT2D eigenvalue weighted by molar-refractivity contribution is -0.120. The van der Waals surface area contributed by atoms with E-state index >= 15 is 0 Å². The van der Waals surface area contributed by atoms with Gasteiger partial charge in [-0.3, -0.25) is 9.00 Å². The average molecular weight is 270 g/mol. The standard InChI is InChI=1S/C8H16BrNO2S/c1-4-7(9)8(11)10-6(2)5-13(3)12/h6-7H,4-5H2,1-3H3,(H,10,11). The monoisotopic (exact) mass is 269 g/mol. The zero-order chi connectivity index (χ0) is 10.4. The largest absolute Gasteiger partial charge is 0.352 e. The molecule has 0 saturated heterocycles. The molecule has 3 atom stereocenters. The Morgan fingerprint density at radius 1 is 1.62 bits per heavy atom. The molecule has 0 aliphatic rings. The lowest BCUT2D eigenvalue weighted by atomic mass is 10.3. The molecule has 0 saturated carbocycles. The van der Waals surface area contributed by atoms with E-state index in [0.29, 0.717) is 5.75 Å². The molecule has 5 heteroatoms. The summed E-state index contributed by atoms with van der Waals surface area (Å²) in [5.74, 6) is 0.482. The van der Waals surface area contributed by atoms with E-state index in [2.05, 4.69) is 21.2 Å². The minimum absolute atomic E-state index is 0.0232. The van der Waals surface area contributed by atoms with Crippen molar-refractivity contribution in [1.82, 2.24) is 5.32 Å². The molecule has 0 fully saturated rings. The highest BCUT2D eigenvalue weighted by Crippen LogP contribution is 2.04. The van der Waals surface area contributed by atoms with Crippen LogP contribution in [0.15, 0.2) is 0 Å². The number of nitrogens with one attached hydrogen (secondary N) is 1. The van der Waals surface area contributed by atoms with Crippen molar-refractivity contribution in [3.63, 3.8) is 0 Å². The van der Waals surface area contributed by atoms with Crippen LogP contribution in [0.2, 0.25) is 0 Å². The minimum Gasteiger partial charge on any atom is -0.352 e. The molecule has 0 bridgehead atoms. The molecule has 3 nitrogen and oxygen atoms in total. The Kier molecular flexibility index (Phi) is 6.59. The van der Waals surface area contributed by atoms with Gasteiger partial charge in [0.25, 0.3) is 0 Å². The Morgan fingerprint density at radius 3 is 2.54 bits per heavy atom. The summed E-state index contributed by atoms with van der Waals surface area (Å²) in [5.41, 5.74) is 0. The van der Waals surface area contributed by atoms with Gasteiger partial charge >= 0.3 is 0 Å². The smallest absolute Gasteiger partial charge is 0.234 e. The molecule has 0 heterocycles. The van der Waals surface area contributed by atoms with Gasteiger partial charge in [0.05, 0.1) is 4.83 Å². The first-order valence-corrected chi connectivity index (χ1v) is 6.86. The summed E-state index contributed by atoms with van der Waals surface area (Å²) in [6.45, 7) is 3.79. The van der Waals surface area contributed by atoms with Crippen molar-refractivity contribution in [3.8, 4) is 0 Å². The van der Waals surface area contributed by atoms with Crippen molar-refractivity contribution in [2.45, 2.75) is 31.1 Å². The van der Waals surface area contributed by atoms with Gasteiger partial charge in [0.1, 0.15) is 0 Å². The molecule has 13 heavy (non-hydrogen) atoms. The maximum atomic E-state index is 11.3. The zero-order valence-electron chi connectivity index (χ0n) is 8.17. The number of halogens is 1. The average Bonchev–Trinajstić information content (AvgIpc) is 2.01. The van der Waals surface area contributed by atoms with Crippen molar-refractivity contribution in [1.29, 1.82) is 0 Å². The molecular weight excluding hydrogens is 254 g/mol. The summed E-state index contributed by atoms with van der Waals surface area (Å²) in [4.78, 5) is 11.2. The molecule has 0 aliphatic carbocycles. The first-order valence-electron chi connectivity index (χ1n) is 4.21. The van der Waals surface area contributed by atoms with Gasteiger partial charge in [0, 0.05) is 28.9 Å². The first kappa shape index (κ1) is 13.1. The number of carbonyl (C=O) groups excluding carboxylic acids is 1. The van der Waals surface area contributed by atoms with Crippen molar-refractivity contribution < 1.29 is 9.00 Å². The van der Waals surface area contributed by atoms with E-state index in [-0.39, 0.29) is 16.8 Å². The highest BCUT2D eigenvalue weighted by Gasteiger charge is 2.14. The third-order valence-corrected chi connectivity index (χ3v) is 3.55. The van der Waals surface area contributed by atoms with Crippen molar-refractivity contribution in [2.24, 2.45) is 0 Å². The molecule has 0 aliphatic heterocycles. The van der Waals surface area contributed by atoms with Crippen LogP contribution in [0.4, 0.5) is 0 Å². The van der Waals surface area contributed by atoms with Gasteiger partial charge in [-0.1, -0.05) is 22.9 Å². The predicted octanol–water partition coefficient (Wildman–Crippen LogP) is 1.04. The van der Waals surface area contributed by atoms with Gasteiger partial charge in [-0.25, -0.2) is 0 Å². The SMILES string of the molecule is CCC(Br)C(=O)NC(C)CS(C)=O. The molecule has 78 valence electrons. The summed E-state index contributed by atoms with van der Waals surface area (Å²) in [6, 6.07) is -0.0232. The summed E-state index contributed by atoms with van der Waals surface area (Å²) >= 11 is 3.25. The number of rotatable bonds is 5. The van der Waals surface area contributed by atoms with Crippen molar-refractivity contribution in [2.75, 3.05) is 12.0 Å². The van der Waals surface area contributed by atoms with E-state index in [0.717, 1.165) is 6.42 Å². The second kappa shape index (κ2) is 6.54. The molecule has 0 spiro atoms. The number of alkyl halides is 1. The Hall–Kier alpha value is 0.1000. The van der Waals surface area contributed by atoms with Gasteiger partial charge in [-0.2, -0.15) is 0 Å². The first-order chi connectivity index (χ1) is 5.97. The van der Waals surface area contributed by atoms with Gasteiger partial charge in [0.15, 0.2) is 0 Å². The lowest BCUT2D eigenvalue weighted by Gasteiger charge is -2.14. The Bertz CT molecular complexity index is 199. The molecule has 0 radical (unpaired) electrons. The number of hydrogen-bond donors (Lipinski definition) is 1. The van der Waals surface area contributed by atoms with E-state index in [1.807, 2.05) is 13.8 Å². The maximum Gasteiger partial charge on any atom is 0.234 e. The topological polar surface area (TPSA) is 46.2 Å². The van der Waals surface area contributed by atoms with Crippen molar-refractivity contribution >= 4 is 32.6 Å².